The summed E-state index contributed by atoms with van der Waals surface area (Å²) in [6, 6.07) is 3.75. The Bertz CT molecular complexity index is 759. The predicted molar refractivity (Wildman–Crippen MR) is 85.8 cm³/mol. The van der Waals surface area contributed by atoms with E-state index in [2.05, 4.69) is 15.7 Å². The third-order valence-electron chi connectivity index (χ3n) is 4.65. The van der Waals surface area contributed by atoms with Crippen LogP contribution >= 0.6 is 0 Å². The van der Waals surface area contributed by atoms with Crippen LogP contribution in [-0.4, -0.2) is 34.8 Å². The molecule has 0 radical (unpaired) electrons. The van der Waals surface area contributed by atoms with Gasteiger partial charge in [0.2, 0.25) is 0 Å². The molecule has 2 unspecified atom stereocenters. The third kappa shape index (κ3) is 3.17. The average Bonchev–Trinajstić information content (AvgIpc) is 2.90. The standard InChI is InChI=1S/C17H20F2N4O/c1-10-13(8-21-23(10)2)17(24)22-16-9-20-6-5-12(16)11-3-4-14(18)15(19)7-11/h3-4,7-8,12,16,20H,5-6,9H2,1-2H3,(H,22,24). The summed E-state index contributed by atoms with van der Waals surface area (Å²) in [5.41, 5.74) is 2.00. The van der Waals surface area contributed by atoms with Crippen LogP contribution < -0.4 is 10.6 Å². The summed E-state index contributed by atoms with van der Waals surface area (Å²) in [6.45, 7) is 3.17. The van der Waals surface area contributed by atoms with E-state index in [-0.39, 0.29) is 17.9 Å². The first kappa shape index (κ1) is 16.6. The van der Waals surface area contributed by atoms with Gasteiger partial charge >= 0.3 is 0 Å². The summed E-state index contributed by atoms with van der Waals surface area (Å²) in [4.78, 5) is 12.5. The summed E-state index contributed by atoms with van der Waals surface area (Å²) in [5, 5.41) is 10.3. The molecule has 128 valence electrons. The maximum Gasteiger partial charge on any atom is 0.255 e. The van der Waals surface area contributed by atoms with Crippen LogP contribution in [0.15, 0.2) is 24.4 Å². The number of nitrogens with zero attached hydrogens (tertiary/aromatic N) is 2. The highest BCUT2D eigenvalue weighted by Gasteiger charge is 2.29. The lowest BCUT2D eigenvalue weighted by atomic mass is 9.86. The van der Waals surface area contributed by atoms with Crippen molar-refractivity contribution in [1.82, 2.24) is 20.4 Å². The lowest BCUT2D eigenvalue weighted by molar-refractivity contribution is 0.0923. The van der Waals surface area contributed by atoms with Crippen LogP contribution in [0.4, 0.5) is 8.78 Å². The molecule has 3 rings (SSSR count). The molecule has 1 aromatic carbocycles. The molecule has 1 aliphatic rings. The van der Waals surface area contributed by atoms with E-state index in [0.717, 1.165) is 24.7 Å². The van der Waals surface area contributed by atoms with E-state index in [1.807, 2.05) is 6.92 Å². The van der Waals surface area contributed by atoms with Gasteiger partial charge in [0.05, 0.1) is 11.8 Å². The highest BCUT2D eigenvalue weighted by molar-refractivity contribution is 5.95. The van der Waals surface area contributed by atoms with Gasteiger partial charge in [0, 0.05) is 31.2 Å². The van der Waals surface area contributed by atoms with Crippen LogP contribution in [-0.2, 0) is 7.05 Å². The molecule has 0 saturated carbocycles. The Hall–Kier alpha value is -2.28. The molecule has 1 aromatic heterocycles. The van der Waals surface area contributed by atoms with Crippen LogP contribution in [0.1, 0.15) is 34.0 Å². The Kier molecular flexibility index (Phi) is 4.62. The Morgan fingerprint density at radius 1 is 1.38 bits per heavy atom. The maximum absolute atomic E-state index is 13.6. The van der Waals surface area contributed by atoms with Crippen molar-refractivity contribution in [2.45, 2.75) is 25.3 Å². The van der Waals surface area contributed by atoms with Gasteiger partial charge < -0.3 is 10.6 Å². The summed E-state index contributed by atoms with van der Waals surface area (Å²) in [7, 11) is 1.78. The van der Waals surface area contributed by atoms with Crippen molar-refractivity contribution in [3.05, 3.63) is 52.9 Å². The van der Waals surface area contributed by atoms with Crippen LogP contribution in [0.25, 0.3) is 0 Å². The van der Waals surface area contributed by atoms with Gasteiger partial charge in [-0.15, -0.1) is 0 Å². The van der Waals surface area contributed by atoms with Gasteiger partial charge in [-0.3, -0.25) is 9.48 Å². The van der Waals surface area contributed by atoms with Crippen LogP contribution in [0.2, 0.25) is 0 Å². The van der Waals surface area contributed by atoms with Gasteiger partial charge in [-0.05, 0) is 37.6 Å². The van der Waals surface area contributed by atoms with Gasteiger partial charge in [-0.2, -0.15) is 5.10 Å². The summed E-state index contributed by atoms with van der Waals surface area (Å²) in [6.07, 6.45) is 2.27. The van der Waals surface area contributed by atoms with E-state index in [9.17, 15) is 13.6 Å². The lowest BCUT2D eigenvalue weighted by Gasteiger charge is -2.33. The number of aryl methyl sites for hydroxylation is 1. The number of carbonyl (C=O) groups is 1. The second-order valence-electron chi connectivity index (χ2n) is 6.12. The highest BCUT2D eigenvalue weighted by atomic mass is 19.2. The lowest BCUT2D eigenvalue weighted by Crippen LogP contribution is -2.50. The number of carbonyl (C=O) groups excluding carboxylic acids is 1. The molecule has 2 aromatic rings. The molecular formula is C17H20F2N4O. The van der Waals surface area contributed by atoms with Crippen molar-refractivity contribution in [3.63, 3.8) is 0 Å². The quantitative estimate of drug-likeness (QED) is 0.901. The number of halogens is 2. The van der Waals surface area contributed by atoms with Crippen LogP contribution in [0.5, 0.6) is 0 Å². The Balaban J connectivity index is 1.80. The number of benzene rings is 1. The van der Waals surface area contributed by atoms with Crippen LogP contribution in [0.3, 0.4) is 0 Å². The molecule has 1 amide bonds. The fourth-order valence-corrected chi connectivity index (χ4v) is 3.12. The summed E-state index contributed by atoms with van der Waals surface area (Å²) >= 11 is 0. The monoisotopic (exact) mass is 334 g/mol. The predicted octanol–water partition coefficient (Wildman–Crippen LogP) is 1.88. The molecular weight excluding hydrogens is 314 g/mol. The zero-order valence-electron chi connectivity index (χ0n) is 13.6. The van der Waals surface area contributed by atoms with Gasteiger partial charge in [0.25, 0.3) is 5.91 Å². The first-order chi connectivity index (χ1) is 11.5. The minimum Gasteiger partial charge on any atom is -0.347 e. The van der Waals surface area contributed by atoms with E-state index < -0.39 is 11.6 Å². The molecule has 2 atom stereocenters. The Labute approximate surface area is 139 Å². The molecule has 24 heavy (non-hydrogen) atoms. The second kappa shape index (κ2) is 6.68. The van der Waals surface area contributed by atoms with E-state index in [1.54, 1.807) is 17.8 Å². The number of rotatable bonds is 3. The zero-order valence-corrected chi connectivity index (χ0v) is 13.6. The number of nitrogens with one attached hydrogen (secondary N) is 2. The van der Waals surface area contributed by atoms with Crippen molar-refractivity contribution >= 4 is 5.91 Å². The Morgan fingerprint density at radius 3 is 2.83 bits per heavy atom. The molecule has 1 saturated heterocycles. The summed E-state index contributed by atoms with van der Waals surface area (Å²) < 4.78 is 28.4. The van der Waals surface area contributed by atoms with Crippen molar-refractivity contribution in [1.29, 1.82) is 0 Å². The smallest absolute Gasteiger partial charge is 0.255 e. The van der Waals surface area contributed by atoms with Crippen molar-refractivity contribution in [2.24, 2.45) is 7.05 Å². The molecule has 7 heteroatoms. The van der Waals surface area contributed by atoms with E-state index in [0.29, 0.717) is 17.7 Å². The zero-order chi connectivity index (χ0) is 17.3. The molecule has 2 N–H and O–H groups in total. The third-order valence-corrected chi connectivity index (χ3v) is 4.65. The Morgan fingerprint density at radius 2 is 2.17 bits per heavy atom. The van der Waals surface area contributed by atoms with Crippen molar-refractivity contribution < 1.29 is 13.6 Å². The average molecular weight is 334 g/mol. The van der Waals surface area contributed by atoms with Gasteiger partial charge in [-0.1, -0.05) is 6.07 Å². The van der Waals surface area contributed by atoms with Gasteiger partial charge in [-0.25, -0.2) is 8.78 Å². The number of piperidine rings is 1. The first-order valence-electron chi connectivity index (χ1n) is 7.92. The molecule has 2 heterocycles. The molecule has 1 fully saturated rings. The van der Waals surface area contributed by atoms with E-state index >= 15 is 0 Å². The molecule has 1 aliphatic heterocycles. The number of aromatic nitrogens is 2. The SMILES string of the molecule is Cc1c(C(=O)NC2CNCCC2c2ccc(F)c(F)c2)cnn1C. The fraction of sp³-hybridized carbons (Fsp3) is 0.412. The number of amides is 1. The van der Waals surface area contributed by atoms with Gasteiger partial charge in [0.1, 0.15) is 0 Å². The number of hydrogen-bond donors (Lipinski definition) is 2. The summed E-state index contributed by atoms with van der Waals surface area (Å²) in [5.74, 6) is -2.00. The largest absolute Gasteiger partial charge is 0.347 e. The first-order valence-corrected chi connectivity index (χ1v) is 7.92. The normalized spacial score (nSPS) is 20.8. The minimum absolute atomic E-state index is 0.0673. The number of hydrogen-bond acceptors (Lipinski definition) is 3. The van der Waals surface area contributed by atoms with E-state index in [4.69, 9.17) is 0 Å². The second-order valence-corrected chi connectivity index (χ2v) is 6.12. The van der Waals surface area contributed by atoms with E-state index in [1.165, 1.54) is 12.3 Å². The highest BCUT2D eigenvalue weighted by Crippen LogP contribution is 2.27. The van der Waals surface area contributed by atoms with Crippen LogP contribution in [0, 0.1) is 18.6 Å². The topological polar surface area (TPSA) is 59.0 Å². The van der Waals surface area contributed by atoms with Crippen molar-refractivity contribution in [2.75, 3.05) is 13.1 Å². The fourth-order valence-electron chi connectivity index (χ4n) is 3.12. The van der Waals surface area contributed by atoms with Gasteiger partial charge in [0.15, 0.2) is 11.6 Å². The molecule has 0 bridgehead atoms. The minimum atomic E-state index is -0.862. The molecule has 0 spiro atoms. The molecule has 5 nitrogen and oxygen atoms in total. The molecule has 0 aliphatic carbocycles. The van der Waals surface area contributed by atoms with Crippen molar-refractivity contribution in [3.8, 4) is 0 Å². The maximum atomic E-state index is 13.6.